The maximum absolute atomic E-state index is 13.3. The van der Waals surface area contributed by atoms with Gasteiger partial charge in [-0.15, -0.1) is 0 Å². The topological polar surface area (TPSA) is 64.0 Å². The summed E-state index contributed by atoms with van der Waals surface area (Å²) < 4.78 is 55.6. The van der Waals surface area contributed by atoms with E-state index in [0.29, 0.717) is 17.6 Å². The molecule has 0 unspecified atom stereocenters. The summed E-state index contributed by atoms with van der Waals surface area (Å²) in [6, 6.07) is 6.15. The van der Waals surface area contributed by atoms with Crippen LogP contribution in [-0.4, -0.2) is 18.0 Å². The lowest BCUT2D eigenvalue weighted by Gasteiger charge is -2.07. The van der Waals surface area contributed by atoms with Gasteiger partial charge in [-0.2, -0.15) is 0 Å². The molecule has 0 saturated heterocycles. The van der Waals surface area contributed by atoms with Gasteiger partial charge in [-0.25, -0.2) is 22.2 Å². The largest absolute Gasteiger partial charge is 0.331 e. The van der Waals surface area contributed by atoms with Crippen molar-refractivity contribution in [3.8, 4) is 0 Å². The van der Waals surface area contributed by atoms with E-state index in [0.717, 1.165) is 18.6 Å². The van der Waals surface area contributed by atoms with Crippen LogP contribution in [0.4, 0.5) is 14.5 Å². The Kier molecular flexibility index (Phi) is 4.23. The fraction of sp³-hybridized carbons (Fsp3) is 0.188. The molecule has 24 heavy (non-hydrogen) atoms. The molecule has 0 saturated carbocycles. The second kappa shape index (κ2) is 6.20. The zero-order valence-corrected chi connectivity index (χ0v) is 13.6. The summed E-state index contributed by atoms with van der Waals surface area (Å²) in [4.78, 5) is 4.27. The van der Waals surface area contributed by atoms with E-state index in [2.05, 4.69) is 9.71 Å². The number of aryl methyl sites for hydroxylation is 1. The standard InChI is InChI=1S/C16H15F2N3O2S/c1-2-8-21-10-15(12-4-3-7-19-16(12)21)24(22,23)20-11-5-6-13(17)14(18)9-11/h3-7,9-10,20H,2,8H2,1H3. The molecule has 3 aromatic rings. The Hall–Kier alpha value is -2.48. The fourth-order valence-corrected chi connectivity index (χ4v) is 3.75. The molecule has 0 spiro atoms. The minimum Gasteiger partial charge on any atom is -0.331 e. The van der Waals surface area contributed by atoms with E-state index in [1.807, 2.05) is 6.92 Å². The Labute approximate surface area is 138 Å². The number of anilines is 1. The molecular formula is C16H15F2N3O2S. The molecule has 8 heteroatoms. The number of hydrogen-bond acceptors (Lipinski definition) is 3. The molecule has 0 fully saturated rings. The first-order chi connectivity index (χ1) is 11.4. The summed E-state index contributed by atoms with van der Waals surface area (Å²) in [6.07, 6.45) is 3.91. The minimum absolute atomic E-state index is 0.0452. The molecule has 2 heterocycles. The average Bonchev–Trinajstić information content (AvgIpc) is 2.91. The number of pyridine rings is 1. The molecule has 0 radical (unpaired) electrons. The van der Waals surface area contributed by atoms with Crippen LogP contribution in [0.2, 0.25) is 0 Å². The molecule has 0 aliphatic carbocycles. The van der Waals surface area contributed by atoms with E-state index < -0.39 is 21.7 Å². The lowest BCUT2D eigenvalue weighted by atomic mass is 10.3. The van der Waals surface area contributed by atoms with Gasteiger partial charge in [-0.3, -0.25) is 4.72 Å². The van der Waals surface area contributed by atoms with Crippen molar-refractivity contribution in [1.82, 2.24) is 9.55 Å². The van der Waals surface area contributed by atoms with Gasteiger partial charge in [0.25, 0.3) is 10.0 Å². The predicted octanol–water partition coefficient (Wildman–Crippen LogP) is 3.53. The van der Waals surface area contributed by atoms with Crippen LogP contribution < -0.4 is 4.72 Å². The first-order valence-electron chi connectivity index (χ1n) is 7.34. The normalized spacial score (nSPS) is 11.8. The van der Waals surface area contributed by atoms with Crippen LogP contribution >= 0.6 is 0 Å². The Balaban J connectivity index is 2.06. The van der Waals surface area contributed by atoms with Gasteiger partial charge in [0, 0.05) is 30.4 Å². The van der Waals surface area contributed by atoms with Crippen molar-refractivity contribution in [1.29, 1.82) is 0 Å². The SMILES string of the molecule is CCCn1cc(S(=O)(=O)Nc2ccc(F)c(F)c2)c2cccnc21. The summed E-state index contributed by atoms with van der Waals surface area (Å²) in [5.74, 6) is -2.16. The molecular weight excluding hydrogens is 336 g/mol. The summed E-state index contributed by atoms with van der Waals surface area (Å²) in [5.41, 5.74) is 0.513. The van der Waals surface area contributed by atoms with E-state index in [4.69, 9.17) is 0 Å². The average molecular weight is 351 g/mol. The molecule has 126 valence electrons. The van der Waals surface area contributed by atoms with Gasteiger partial charge in [-0.05, 0) is 30.7 Å². The van der Waals surface area contributed by atoms with Crippen LogP contribution in [0.3, 0.4) is 0 Å². The monoisotopic (exact) mass is 351 g/mol. The number of hydrogen-bond donors (Lipinski definition) is 1. The van der Waals surface area contributed by atoms with Crippen LogP contribution in [0.15, 0.2) is 47.6 Å². The Bertz CT molecular complexity index is 1000. The maximum atomic E-state index is 13.3. The molecule has 1 aromatic carbocycles. The van der Waals surface area contributed by atoms with Crippen LogP contribution in [0.1, 0.15) is 13.3 Å². The van der Waals surface area contributed by atoms with Crippen LogP contribution in [0.25, 0.3) is 11.0 Å². The number of rotatable bonds is 5. The van der Waals surface area contributed by atoms with Gasteiger partial charge >= 0.3 is 0 Å². The van der Waals surface area contributed by atoms with Crippen molar-refractivity contribution >= 4 is 26.7 Å². The van der Waals surface area contributed by atoms with E-state index >= 15 is 0 Å². The minimum atomic E-state index is -3.97. The first-order valence-corrected chi connectivity index (χ1v) is 8.82. The molecule has 0 aliphatic rings. The molecule has 5 nitrogen and oxygen atoms in total. The van der Waals surface area contributed by atoms with Gasteiger partial charge in [0.05, 0.1) is 5.69 Å². The second-order valence-electron chi connectivity index (χ2n) is 5.30. The third-order valence-corrected chi connectivity index (χ3v) is 4.93. The highest BCUT2D eigenvalue weighted by Gasteiger charge is 2.22. The predicted molar refractivity (Wildman–Crippen MR) is 87.2 cm³/mol. The van der Waals surface area contributed by atoms with Crippen molar-refractivity contribution in [2.24, 2.45) is 0 Å². The van der Waals surface area contributed by atoms with E-state index in [9.17, 15) is 17.2 Å². The quantitative estimate of drug-likeness (QED) is 0.765. The summed E-state index contributed by atoms with van der Waals surface area (Å²) >= 11 is 0. The molecule has 0 aliphatic heterocycles. The van der Waals surface area contributed by atoms with E-state index in [1.54, 1.807) is 22.9 Å². The highest BCUT2D eigenvalue weighted by Crippen LogP contribution is 2.26. The van der Waals surface area contributed by atoms with Gasteiger partial charge in [0.2, 0.25) is 0 Å². The smallest absolute Gasteiger partial charge is 0.264 e. The number of nitrogens with one attached hydrogen (secondary N) is 1. The molecule has 1 N–H and O–H groups in total. The van der Waals surface area contributed by atoms with Crippen molar-refractivity contribution in [3.05, 3.63) is 54.4 Å². The maximum Gasteiger partial charge on any atom is 0.264 e. The summed E-state index contributed by atoms with van der Waals surface area (Å²) in [6.45, 7) is 2.59. The van der Waals surface area contributed by atoms with Crippen molar-refractivity contribution in [2.45, 2.75) is 24.8 Å². The highest BCUT2D eigenvalue weighted by molar-refractivity contribution is 7.93. The van der Waals surface area contributed by atoms with Crippen LogP contribution in [0, 0.1) is 11.6 Å². The second-order valence-corrected chi connectivity index (χ2v) is 6.95. The lowest BCUT2D eigenvalue weighted by Crippen LogP contribution is -2.13. The number of fused-ring (bicyclic) bond motifs is 1. The fourth-order valence-electron chi connectivity index (χ4n) is 2.49. The summed E-state index contributed by atoms with van der Waals surface area (Å²) in [7, 11) is -3.97. The van der Waals surface area contributed by atoms with Crippen LogP contribution in [-0.2, 0) is 16.6 Å². The summed E-state index contributed by atoms with van der Waals surface area (Å²) in [5, 5.41) is 0.473. The number of nitrogens with zero attached hydrogens (tertiary/aromatic N) is 2. The van der Waals surface area contributed by atoms with Crippen molar-refractivity contribution in [3.63, 3.8) is 0 Å². The number of sulfonamides is 1. The molecule has 0 atom stereocenters. The third-order valence-electron chi connectivity index (χ3n) is 3.52. The molecule has 3 rings (SSSR count). The van der Waals surface area contributed by atoms with Gasteiger partial charge < -0.3 is 4.57 Å². The van der Waals surface area contributed by atoms with Crippen molar-refractivity contribution in [2.75, 3.05) is 4.72 Å². The Morgan fingerprint density at radius 3 is 2.71 bits per heavy atom. The first kappa shape index (κ1) is 16.4. The number of benzene rings is 1. The van der Waals surface area contributed by atoms with Crippen LogP contribution in [0.5, 0.6) is 0 Å². The van der Waals surface area contributed by atoms with E-state index in [-0.39, 0.29) is 10.6 Å². The zero-order valence-electron chi connectivity index (χ0n) is 12.8. The number of aromatic nitrogens is 2. The van der Waals surface area contributed by atoms with Gasteiger partial charge in [-0.1, -0.05) is 6.92 Å². The molecule has 2 aromatic heterocycles. The van der Waals surface area contributed by atoms with Crippen molar-refractivity contribution < 1.29 is 17.2 Å². The zero-order chi connectivity index (χ0) is 17.3. The lowest BCUT2D eigenvalue weighted by molar-refractivity contribution is 0.509. The highest BCUT2D eigenvalue weighted by atomic mass is 32.2. The molecule has 0 bridgehead atoms. The Morgan fingerprint density at radius 1 is 1.21 bits per heavy atom. The third kappa shape index (κ3) is 2.96. The van der Waals surface area contributed by atoms with Gasteiger partial charge in [0.15, 0.2) is 11.6 Å². The van der Waals surface area contributed by atoms with Gasteiger partial charge in [0.1, 0.15) is 10.5 Å². The number of halogens is 2. The molecule has 0 amide bonds. The van der Waals surface area contributed by atoms with E-state index in [1.165, 1.54) is 12.3 Å². The Morgan fingerprint density at radius 2 is 2.00 bits per heavy atom.